The second kappa shape index (κ2) is 7.84. The molecule has 86 valence electrons. The molecule has 0 aromatic carbocycles. The number of thiol groups is 1. The lowest BCUT2D eigenvalue weighted by molar-refractivity contribution is 0.0807. The highest BCUT2D eigenvalue weighted by molar-refractivity contribution is 7.81. The Morgan fingerprint density at radius 1 is 1.33 bits per heavy atom. The van der Waals surface area contributed by atoms with Gasteiger partial charge in [0, 0.05) is 5.25 Å². The van der Waals surface area contributed by atoms with Crippen LogP contribution in [0.1, 0.15) is 46.5 Å². The average molecular weight is 226 g/mol. The zero-order chi connectivity index (χ0) is 11.7. The minimum Gasteiger partial charge on any atom is -0.378 e. The first-order valence-corrected chi connectivity index (χ1v) is 6.15. The molecule has 0 aliphatic carbocycles. The quantitative estimate of drug-likeness (QED) is 0.545. The van der Waals surface area contributed by atoms with E-state index in [4.69, 9.17) is 0 Å². The largest absolute Gasteiger partial charge is 0.378 e. The molecule has 0 amide bonds. The summed E-state index contributed by atoms with van der Waals surface area (Å²) in [6.07, 6.45) is 7.09. The minimum absolute atomic E-state index is 0.213. The Balaban J connectivity index is 4.38. The molecule has 0 aromatic heterocycles. The molecular weight excluding hydrogens is 204 g/mol. The molecule has 2 heteroatoms. The standard InChI is InChI=1S/C13H22OS/c1-4-9-13(14,10-5-2)11-7-6-8-12(3)15/h6,8,12,14-15H,4-5,9-10H2,1-3H3/b8-6+. The molecule has 0 radical (unpaired) electrons. The average Bonchev–Trinajstić information content (AvgIpc) is 2.13. The molecule has 0 saturated carbocycles. The first-order valence-electron chi connectivity index (χ1n) is 5.64. The van der Waals surface area contributed by atoms with Gasteiger partial charge in [-0.1, -0.05) is 44.6 Å². The van der Waals surface area contributed by atoms with Crippen LogP contribution in [0.15, 0.2) is 12.2 Å². The topological polar surface area (TPSA) is 20.2 Å². The molecule has 0 spiro atoms. The van der Waals surface area contributed by atoms with Crippen molar-refractivity contribution in [1.29, 1.82) is 0 Å². The van der Waals surface area contributed by atoms with Gasteiger partial charge in [-0.15, -0.1) is 0 Å². The van der Waals surface area contributed by atoms with Crippen molar-refractivity contribution in [3.63, 3.8) is 0 Å². The summed E-state index contributed by atoms with van der Waals surface area (Å²) in [5.41, 5.74) is -0.798. The van der Waals surface area contributed by atoms with Crippen LogP contribution in [0.4, 0.5) is 0 Å². The van der Waals surface area contributed by atoms with E-state index in [9.17, 15) is 5.11 Å². The van der Waals surface area contributed by atoms with Crippen molar-refractivity contribution in [3.05, 3.63) is 12.2 Å². The van der Waals surface area contributed by atoms with Gasteiger partial charge in [0.2, 0.25) is 0 Å². The molecule has 0 heterocycles. The Hall–Kier alpha value is -0.390. The number of aliphatic hydroxyl groups is 1. The zero-order valence-electron chi connectivity index (χ0n) is 9.95. The molecule has 1 atom stereocenters. The highest BCUT2D eigenvalue weighted by Gasteiger charge is 2.20. The highest BCUT2D eigenvalue weighted by Crippen LogP contribution is 2.18. The van der Waals surface area contributed by atoms with Crippen LogP contribution in [0.2, 0.25) is 0 Å². The van der Waals surface area contributed by atoms with Crippen molar-refractivity contribution < 1.29 is 5.11 Å². The summed E-state index contributed by atoms with van der Waals surface area (Å²) in [4.78, 5) is 0. The molecule has 0 bridgehead atoms. The fourth-order valence-corrected chi connectivity index (χ4v) is 1.53. The van der Waals surface area contributed by atoms with Gasteiger partial charge in [-0.2, -0.15) is 12.6 Å². The third kappa shape index (κ3) is 7.53. The molecule has 1 unspecified atom stereocenters. The van der Waals surface area contributed by atoms with Crippen LogP contribution >= 0.6 is 12.6 Å². The lowest BCUT2D eigenvalue weighted by Crippen LogP contribution is -2.25. The fraction of sp³-hybridized carbons (Fsp3) is 0.692. The van der Waals surface area contributed by atoms with Crippen LogP contribution in [0, 0.1) is 11.8 Å². The fourth-order valence-electron chi connectivity index (χ4n) is 1.44. The van der Waals surface area contributed by atoms with Crippen molar-refractivity contribution in [3.8, 4) is 11.8 Å². The maximum atomic E-state index is 10.1. The molecule has 1 nitrogen and oxygen atoms in total. The van der Waals surface area contributed by atoms with Gasteiger partial charge >= 0.3 is 0 Å². The molecule has 0 rings (SSSR count). The van der Waals surface area contributed by atoms with Crippen molar-refractivity contribution >= 4 is 12.6 Å². The van der Waals surface area contributed by atoms with Gasteiger partial charge in [-0.05, 0) is 25.8 Å². The van der Waals surface area contributed by atoms with E-state index in [2.05, 4.69) is 38.3 Å². The predicted molar refractivity (Wildman–Crippen MR) is 70.1 cm³/mol. The van der Waals surface area contributed by atoms with Crippen LogP contribution in [0.3, 0.4) is 0 Å². The van der Waals surface area contributed by atoms with Crippen LogP contribution in [0.5, 0.6) is 0 Å². The van der Waals surface area contributed by atoms with Crippen molar-refractivity contribution in [2.24, 2.45) is 0 Å². The monoisotopic (exact) mass is 226 g/mol. The summed E-state index contributed by atoms with van der Waals surface area (Å²) in [5, 5.41) is 10.4. The first kappa shape index (κ1) is 14.6. The normalized spacial score (nSPS) is 13.7. The van der Waals surface area contributed by atoms with Crippen molar-refractivity contribution in [2.45, 2.75) is 57.3 Å². The van der Waals surface area contributed by atoms with E-state index in [-0.39, 0.29) is 5.25 Å². The van der Waals surface area contributed by atoms with Gasteiger partial charge in [0.15, 0.2) is 0 Å². The van der Waals surface area contributed by atoms with E-state index < -0.39 is 5.60 Å². The molecule has 0 fully saturated rings. The highest BCUT2D eigenvalue weighted by atomic mass is 32.1. The maximum absolute atomic E-state index is 10.1. The molecule has 0 aliphatic heterocycles. The third-order valence-electron chi connectivity index (χ3n) is 2.09. The van der Waals surface area contributed by atoms with E-state index in [1.54, 1.807) is 6.08 Å². The summed E-state index contributed by atoms with van der Waals surface area (Å²) in [5.74, 6) is 5.84. The molecular formula is C13H22OS. The number of hydrogen-bond donors (Lipinski definition) is 2. The summed E-state index contributed by atoms with van der Waals surface area (Å²) in [7, 11) is 0. The first-order chi connectivity index (χ1) is 7.04. The van der Waals surface area contributed by atoms with E-state index >= 15 is 0 Å². The summed E-state index contributed by atoms with van der Waals surface area (Å²) >= 11 is 4.21. The Morgan fingerprint density at radius 2 is 1.87 bits per heavy atom. The van der Waals surface area contributed by atoms with Gasteiger partial charge < -0.3 is 5.11 Å². The summed E-state index contributed by atoms with van der Waals surface area (Å²) in [6.45, 7) is 6.10. The molecule has 1 N–H and O–H groups in total. The van der Waals surface area contributed by atoms with Crippen LogP contribution in [-0.4, -0.2) is 16.0 Å². The van der Waals surface area contributed by atoms with E-state index in [1.165, 1.54) is 0 Å². The van der Waals surface area contributed by atoms with E-state index in [0.29, 0.717) is 0 Å². The number of hydrogen-bond acceptors (Lipinski definition) is 2. The third-order valence-corrected chi connectivity index (χ3v) is 2.26. The molecule has 15 heavy (non-hydrogen) atoms. The lowest BCUT2D eigenvalue weighted by atomic mass is 9.93. The predicted octanol–water partition coefficient (Wildman–Crippen LogP) is 3.20. The van der Waals surface area contributed by atoms with Crippen molar-refractivity contribution in [1.82, 2.24) is 0 Å². The second-order valence-corrected chi connectivity index (χ2v) is 4.72. The maximum Gasteiger partial charge on any atom is 0.125 e. The van der Waals surface area contributed by atoms with Gasteiger partial charge in [-0.3, -0.25) is 0 Å². The Kier molecular flexibility index (Phi) is 7.64. The van der Waals surface area contributed by atoms with Gasteiger partial charge in [0.25, 0.3) is 0 Å². The van der Waals surface area contributed by atoms with Gasteiger partial charge in [0.05, 0.1) is 0 Å². The van der Waals surface area contributed by atoms with Crippen LogP contribution in [-0.2, 0) is 0 Å². The number of rotatable bonds is 5. The molecule has 0 saturated heterocycles. The summed E-state index contributed by atoms with van der Waals surface area (Å²) < 4.78 is 0. The van der Waals surface area contributed by atoms with Gasteiger partial charge in [0.1, 0.15) is 5.60 Å². The number of allylic oxidation sites excluding steroid dienone is 1. The Bertz CT molecular complexity index is 239. The van der Waals surface area contributed by atoms with Crippen molar-refractivity contribution in [2.75, 3.05) is 0 Å². The van der Waals surface area contributed by atoms with Crippen LogP contribution < -0.4 is 0 Å². The van der Waals surface area contributed by atoms with E-state index in [0.717, 1.165) is 25.7 Å². The van der Waals surface area contributed by atoms with Gasteiger partial charge in [-0.25, -0.2) is 0 Å². The molecule has 0 aromatic rings. The van der Waals surface area contributed by atoms with E-state index in [1.807, 2.05) is 13.0 Å². The Labute approximate surface area is 99.4 Å². The summed E-state index contributed by atoms with van der Waals surface area (Å²) in [6, 6.07) is 0. The smallest absolute Gasteiger partial charge is 0.125 e. The minimum atomic E-state index is -0.798. The van der Waals surface area contributed by atoms with Crippen LogP contribution in [0.25, 0.3) is 0 Å². The molecule has 0 aliphatic rings. The SMILES string of the molecule is CCCC(O)(C#C/C=C/C(C)S)CCC. The Morgan fingerprint density at radius 3 is 2.27 bits per heavy atom. The lowest BCUT2D eigenvalue weighted by Gasteiger charge is -2.20. The second-order valence-electron chi connectivity index (χ2n) is 3.90. The zero-order valence-corrected chi connectivity index (χ0v) is 10.8.